The fourth-order valence-corrected chi connectivity index (χ4v) is 3.33. The van der Waals surface area contributed by atoms with Crippen molar-refractivity contribution in [2.75, 3.05) is 0 Å². The number of aromatic nitrogens is 4. The molecular weight excluding hydrogens is 427 g/mol. The van der Waals surface area contributed by atoms with E-state index in [4.69, 9.17) is 0 Å². The number of benzene rings is 1. The van der Waals surface area contributed by atoms with E-state index in [9.17, 15) is 0 Å². The third-order valence-corrected chi connectivity index (χ3v) is 4.71. The molecule has 153 valence electrons. The summed E-state index contributed by atoms with van der Waals surface area (Å²) in [6, 6.07) is 28.4. The molecule has 4 nitrogen and oxygen atoms in total. The van der Waals surface area contributed by atoms with Crippen LogP contribution in [0.1, 0.15) is 22.8 Å². The predicted molar refractivity (Wildman–Crippen MR) is 125 cm³/mol. The first kappa shape index (κ1) is 20.6. The molecule has 2 aliphatic heterocycles. The van der Waals surface area contributed by atoms with Crippen molar-refractivity contribution in [1.82, 2.24) is 19.9 Å². The van der Waals surface area contributed by atoms with Crippen molar-refractivity contribution in [3.8, 4) is 0 Å². The molecule has 1 radical (unpaired) electrons. The Balaban J connectivity index is 0.000000288. The quantitative estimate of drug-likeness (QED) is 0.286. The minimum absolute atomic E-state index is 0. The summed E-state index contributed by atoms with van der Waals surface area (Å²) in [5, 5.41) is 0. The number of hydrogen-bond acceptors (Lipinski definition) is 2. The monoisotopic (exact) mass is 447 g/mol. The van der Waals surface area contributed by atoms with Gasteiger partial charge in [0.05, 0.1) is 22.8 Å². The molecule has 0 spiro atoms. The zero-order chi connectivity index (χ0) is 20.2. The molecule has 31 heavy (non-hydrogen) atoms. The third-order valence-electron chi connectivity index (χ3n) is 4.71. The van der Waals surface area contributed by atoms with Gasteiger partial charge in [0, 0.05) is 38.8 Å². The summed E-state index contributed by atoms with van der Waals surface area (Å²) in [4.78, 5) is 16.0. The maximum Gasteiger partial charge on any atom is 0.0658 e. The second-order valence-electron chi connectivity index (χ2n) is 7.06. The van der Waals surface area contributed by atoms with Crippen LogP contribution in [-0.4, -0.2) is 19.9 Å². The molecule has 3 aromatic heterocycles. The van der Waals surface area contributed by atoms with Crippen molar-refractivity contribution in [3.63, 3.8) is 0 Å². The van der Waals surface area contributed by atoms with E-state index in [2.05, 4.69) is 44.2 Å². The minimum atomic E-state index is 0. The van der Waals surface area contributed by atoms with Gasteiger partial charge in [0.25, 0.3) is 0 Å². The summed E-state index contributed by atoms with van der Waals surface area (Å²) in [5.74, 6) is 0. The second kappa shape index (κ2) is 9.43. The molecule has 2 aliphatic rings. The van der Waals surface area contributed by atoms with Crippen LogP contribution in [0.4, 0.5) is 0 Å². The average Bonchev–Trinajstić information content (AvgIpc) is 3.56. The molecule has 5 heterocycles. The number of hydrogen-bond donors (Lipinski definition) is 2. The molecule has 0 unspecified atom stereocenters. The first-order valence-corrected chi connectivity index (χ1v) is 9.85. The largest absolute Gasteiger partial charge is 0.355 e. The molecule has 8 bridgehead atoms. The molecule has 0 aliphatic carbocycles. The molecule has 6 rings (SSSR count). The van der Waals surface area contributed by atoms with Gasteiger partial charge in [0.15, 0.2) is 0 Å². The number of aromatic amines is 2. The third kappa shape index (κ3) is 5.28. The van der Waals surface area contributed by atoms with Crippen LogP contribution in [0.3, 0.4) is 0 Å². The molecule has 0 fully saturated rings. The summed E-state index contributed by atoms with van der Waals surface area (Å²) < 4.78 is 0. The normalized spacial score (nSPS) is 11.4. The topological polar surface area (TPSA) is 57.4 Å². The van der Waals surface area contributed by atoms with Gasteiger partial charge >= 0.3 is 0 Å². The Kier molecular flexibility index (Phi) is 6.26. The fraction of sp³-hybridized carbons (Fsp3) is 0. The van der Waals surface area contributed by atoms with Crippen LogP contribution in [0.2, 0.25) is 0 Å². The first-order valence-electron chi connectivity index (χ1n) is 9.85. The average molecular weight is 447 g/mol. The molecule has 0 atom stereocenters. The second-order valence-corrected chi connectivity index (χ2v) is 7.06. The number of nitrogens with zero attached hydrogens (tertiary/aromatic N) is 2. The molecule has 0 amide bonds. The summed E-state index contributed by atoms with van der Waals surface area (Å²) in [5.41, 5.74) is 7.86. The Morgan fingerprint density at radius 1 is 0.419 bits per heavy atom. The van der Waals surface area contributed by atoms with Gasteiger partial charge in [-0.3, -0.25) is 0 Å². The van der Waals surface area contributed by atoms with E-state index in [1.54, 1.807) is 0 Å². The van der Waals surface area contributed by atoms with Crippen molar-refractivity contribution in [2.24, 2.45) is 0 Å². The predicted octanol–water partition coefficient (Wildman–Crippen LogP) is 6.34. The van der Waals surface area contributed by atoms with Gasteiger partial charge in [0.2, 0.25) is 0 Å². The molecule has 5 heteroatoms. The van der Waals surface area contributed by atoms with Crippen LogP contribution in [-0.2, 0) is 16.8 Å². The van der Waals surface area contributed by atoms with Crippen molar-refractivity contribution in [2.45, 2.75) is 0 Å². The molecule has 1 aromatic carbocycles. The minimum Gasteiger partial charge on any atom is -0.355 e. The van der Waals surface area contributed by atoms with Crippen LogP contribution in [0, 0.1) is 0 Å². The summed E-state index contributed by atoms with van der Waals surface area (Å²) in [6.45, 7) is 0. The zero-order valence-electron chi connectivity index (χ0n) is 16.6. The van der Waals surface area contributed by atoms with Gasteiger partial charge in [-0.05, 0) is 72.8 Å². The fourth-order valence-electron chi connectivity index (χ4n) is 3.33. The van der Waals surface area contributed by atoms with E-state index >= 15 is 0 Å². The van der Waals surface area contributed by atoms with Gasteiger partial charge in [-0.1, -0.05) is 36.4 Å². The van der Waals surface area contributed by atoms with Crippen molar-refractivity contribution in [3.05, 3.63) is 108 Å². The van der Waals surface area contributed by atoms with E-state index in [1.807, 2.05) is 85.0 Å². The molecule has 4 aromatic rings. The zero-order valence-corrected chi connectivity index (χ0v) is 17.7. The SMILES string of the molecule is C1=Cc2cc3ccc(cc4nc(cc5ccc(cc1n2)[nH]5)C=C4)[nH]3.[Co].c1ccccc1. The smallest absolute Gasteiger partial charge is 0.0658 e. The van der Waals surface area contributed by atoms with E-state index < -0.39 is 0 Å². The Hall–Kier alpha value is -3.67. The van der Waals surface area contributed by atoms with E-state index in [1.165, 1.54) is 0 Å². The molecule has 0 saturated carbocycles. The molecular formula is C26H20CoN4. The Labute approximate surface area is 190 Å². The van der Waals surface area contributed by atoms with Crippen LogP contribution in [0.25, 0.3) is 46.4 Å². The van der Waals surface area contributed by atoms with Gasteiger partial charge in [-0.2, -0.15) is 0 Å². The standard InChI is InChI=1S/C20H14N4.C6H6.Co/c1-2-14-10-16-5-6-18(23-16)12-20-8-7-19(24-20)11-17-4-3-15(22-17)9-13(1)21-14;1-2-4-6-5-3-1;/h1-12,21,24H;1-6H;. The number of rotatable bonds is 0. The van der Waals surface area contributed by atoms with Crippen LogP contribution < -0.4 is 0 Å². The Morgan fingerprint density at radius 2 is 0.677 bits per heavy atom. The number of H-pyrrole nitrogens is 2. The van der Waals surface area contributed by atoms with Gasteiger partial charge in [-0.25, -0.2) is 9.97 Å². The van der Waals surface area contributed by atoms with Crippen molar-refractivity contribution in [1.29, 1.82) is 0 Å². The van der Waals surface area contributed by atoms with Crippen LogP contribution in [0.15, 0.2) is 84.9 Å². The maximum absolute atomic E-state index is 4.63. The Bertz CT molecular complexity index is 1190. The summed E-state index contributed by atoms with van der Waals surface area (Å²) in [7, 11) is 0. The number of nitrogens with one attached hydrogen (secondary N) is 2. The molecule has 2 N–H and O–H groups in total. The summed E-state index contributed by atoms with van der Waals surface area (Å²) >= 11 is 0. The summed E-state index contributed by atoms with van der Waals surface area (Å²) in [6.07, 6.45) is 8.09. The number of fused-ring (bicyclic) bond motifs is 8. The first-order chi connectivity index (χ1) is 14.8. The Morgan fingerprint density at radius 3 is 0.935 bits per heavy atom. The van der Waals surface area contributed by atoms with Crippen molar-refractivity contribution >= 4 is 46.4 Å². The van der Waals surface area contributed by atoms with Gasteiger partial charge in [0.1, 0.15) is 0 Å². The van der Waals surface area contributed by atoms with E-state index in [0.717, 1.165) is 44.8 Å². The van der Waals surface area contributed by atoms with Crippen LogP contribution >= 0.6 is 0 Å². The van der Waals surface area contributed by atoms with Gasteiger partial charge < -0.3 is 9.97 Å². The van der Waals surface area contributed by atoms with Crippen LogP contribution in [0.5, 0.6) is 0 Å². The van der Waals surface area contributed by atoms with Crippen molar-refractivity contribution < 1.29 is 16.8 Å². The van der Waals surface area contributed by atoms with E-state index in [-0.39, 0.29) is 16.8 Å². The van der Waals surface area contributed by atoms with Gasteiger partial charge in [-0.15, -0.1) is 0 Å². The molecule has 0 saturated heterocycles. The van der Waals surface area contributed by atoms with E-state index in [0.29, 0.717) is 0 Å². The maximum atomic E-state index is 4.63.